The van der Waals surface area contributed by atoms with Crippen LogP contribution in [0.1, 0.15) is 11.6 Å². The maximum Gasteiger partial charge on any atom is 0.250 e. The van der Waals surface area contributed by atoms with Crippen LogP contribution in [0.2, 0.25) is 0 Å². The molecule has 0 spiro atoms. The fraction of sp³-hybridized carbons (Fsp3) is 0.167. The van der Waals surface area contributed by atoms with Crippen molar-refractivity contribution < 1.29 is 13.5 Å². The molecular weight excluding hydrogens is 270 g/mol. The minimum absolute atomic E-state index is 0.247. The second-order valence-corrected chi connectivity index (χ2v) is 6.59. The van der Waals surface area contributed by atoms with Gasteiger partial charge in [-0.1, -0.05) is 36.4 Å². The van der Waals surface area contributed by atoms with E-state index in [9.17, 15) is 13.5 Å². The second kappa shape index (κ2) is 5.62. The molecule has 2 N–H and O–H groups in total. The molecule has 0 saturated heterocycles. The molecule has 0 aliphatic carbocycles. The lowest BCUT2D eigenvalue weighted by Gasteiger charge is -2.16. The molecule has 1 aromatic carbocycles. The Balaban J connectivity index is 2.22. The quantitative estimate of drug-likeness (QED) is 0.878. The third kappa shape index (κ3) is 2.97. The number of sulfonamides is 1. The van der Waals surface area contributed by atoms with Crippen molar-refractivity contribution in [2.24, 2.45) is 0 Å². The standard InChI is InChI=1S/C12H13NO3S2/c14-9-11(10-5-2-1-3-6-10)13-18(15,16)12-7-4-8-17-12/h1-8,11,13-14H,9H2/t11-/m0/s1. The molecule has 0 amide bonds. The summed E-state index contributed by atoms with van der Waals surface area (Å²) in [5.41, 5.74) is 0.736. The Hall–Kier alpha value is -1.21. The van der Waals surface area contributed by atoms with Crippen LogP contribution < -0.4 is 4.72 Å². The zero-order valence-corrected chi connectivity index (χ0v) is 11.1. The highest BCUT2D eigenvalue weighted by Crippen LogP contribution is 2.20. The van der Waals surface area contributed by atoms with Crippen LogP contribution in [0.25, 0.3) is 0 Å². The van der Waals surface area contributed by atoms with Gasteiger partial charge in [0.1, 0.15) is 4.21 Å². The predicted molar refractivity (Wildman–Crippen MR) is 70.9 cm³/mol. The molecule has 4 nitrogen and oxygen atoms in total. The normalized spacial score (nSPS) is 13.4. The summed E-state index contributed by atoms with van der Waals surface area (Å²) in [5.74, 6) is 0. The monoisotopic (exact) mass is 283 g/mol. The Morgan fingerprint density at radius 2 is 1.89 bits per heavy atom. The summed E-state index contributed by atoms with van der Waals surface area (Å²) in [4.78, 5) is 0. The minimum Gasteiger partial charge on any atom is -0.394 e. The summed E-state index contributed by atoms with van der Waals surface area (Å²) in [7, 11) is -3.57. The molecule has 0 aliphatic rings. The third-order valence-corrected chi connectivity index (χ3v) is 5.31. The fourth-order valence-corrected chi connectivity index (χ4v) is 3.78. The number of benzene rings is 1. The van der Waals surface area contributed by atoms with E-state index < -0.39 is 16.1 Å². The van der Waals surface area contributed by atoms with Crippen molar-refractivity contribution in [2.45, 2.75) is 10.3 Å². The first-order chi connectivity index (χ1) is 8.63. The van der Waals surface area contributed by atoms with Gasteiger partial charge in [0.15, 0.2) is 0 Å². The van der Waals surface area contributed by atoms with E-state index in [1.165, 1.54) is 6.07 Å². The van der Waals surface area contributed by atoms with Crippen LogP contribution >= 0.6 is 11.3 Å². The van der Waals surface area contributed by atoms with Gasteiger partial charge < -0.3 is 5.11 Å². The molecule has 1 aromatic heterocycles. The maximum absolute atomic E-state index is 12.0. The molecule has 0 aliphatic heterocycles. The van der Waals surface area contributed by atoms with Gasteiger partial charge in [-0.3, -0.25) is 0 Å². The van der Waals surface area contributed by atoms with Gasteiger partial charge >= 0.3 is 0 Å². The van der Waals surface area contributed by atoms with E-state index in [-0.39, 0.29) is 10.8 Å². The minimum atomic E-state index is -3.57. The molecule has 0 fully saturated rings. The Morgan fingerprint density at radius 1 is 1.17 bits per heavy atom. The third-order valence-electron chi connectivity index (χ3n) is 2.44. The lowest BCUT2D eigenvalue weighted by atomic mass is 10.1. The van der Waals surface area contributed by atoms with Crippen molar-refractivity contribution in [3.05, 3.63) is 53.4 Å². The van der Waals surface area contributed by atoms with E-state index in [2.05, 4.69) is 4.72 Å². The smallest absolute Gasteiger partial charge is 0.250 e. The van der Waals surface area contributed by atoms with E-state index in [0.717, 1.165) is 16.9 Å². The molecule has 2 aromatic rings. The molecular formula is C12H13NO3S2. The zero-order chi connectivity index (χ0) is 13.0. The summed E-state index contributed by atoms with van der Waals surface area (Å²) < 4.78 is 26.8. The van der Waals surface area contributed by atoms with Crippen molar-refractivity contribution in [3.8, 4) is 0 Å². The maximum atomic E-state index is 12.0. The van der Waals surface area contributed by atoms with Crippen LogP contribution in [-0.4, -0.2) is 20.1 Å². The number of thiophene rings is 1. The SMILES string of the molecule is O=S(=O)(N[C@@H](CO)c1ccccc1)c1cccs1. The molecule has 6 heteroatoms. The molecule has 18 heavy (non-hydrogen) atoms. The summed E-state index contributed by atoms with van der Waals surface area (Å²) in [6.45, 7) is -0.283. The van der Waals surface area contributed by atoms with Crippen LogP contribution in [0, 0.1) is 0 Å². The molecule has 0 radical (unpaired) electrons. The van der Waals surface area contributed by atoms with Gasteiger partial charge in [0, 0.05) is 0 Å². The zero-order valence-electron chi connectivity index (χ0n) is 9.48. The first-order valence-electron chi connectivity index (χ1n) is 5.35. The summed E-state index contributed by atoms with van der Waals surface area (Å²) in [6, 6.07) is 11.6. The summed E-state index contributed by atoms with van der Waals surface area (Å²) in [6.07, 6.45) is 0. The van der Waals surface area contributed by atoms with Gasteiger partial charge in [0.2, 0.25) is 0 Å². The van der Waals surface area contributed by atoms with E-state index >= 15 is 0 Å². The summed E-state index contributed by atoms with van der Waals surface area (Å²) >= 11 is 1.15. The van der Waals surface area contributed by atoms with Crippen LogP contribution in [0.4, 0.5) is 0 Å². The average Bonchev–Trinajstić information content (AvgIpc) is 2.92. The first kappa shape index (κ1) is 13.2. The molecule has 96 valence electrons. The Kier molecular flexibility index (Phi) is 4.13. The molecule has 0 unspecified atom stereocenters. The highest BCUT2D eigenvalue weighted by molar-refractivity contribution is 7.91. The predicted octanol–water partition coefficient (Wildman–Crippen LogP) is 1.76. The highest BCUT2D eigenvalue weighted by atomic mass is 32.2. The largest absolute Gasteiger partial charge is 0.394 e. The number of aliphatic hydroxyl groups is 1. The fourth-order valence-electron chi connectivity index (χ4n) is 1.56. The summed E-state index contributed by atoms with van der Waals surface area (Å²) in [5, 5.41) is 11.0. The Bertz CT molecular complexity index is 579. The first-order valence-corrected chi connectivity index (χ1v) is 7.71. The van der Waals surface area contributed by atoms with Gasteiger partial charge in [0.25, 0.3) is 10.0 Å². The molecule has 1 atom stereocenters. The van der Waals surface area contributed by atoms with Gasteiger partial charge in [-0.2, -0.15) is 0 Å². The van der Waals surface area contributed by atoms with Crippen LogP contribution in [0.3, 0.4) is 0 Å². The number of nitrogens with one attached hydrogen (secondary N) is 1. The van der Waals surface area contributed by atoms with Crippen molar-refractivity contribution in [2.75, 3.05) is 6.61 Å². The van der Waals surface area contributed by atoms with Crippen LogP contribution in [-0.2, 0) is 10.0 Å². The van der Waals surface area contributed by atoms with Gasteiger partial charge in [-0.25, -0.2) is 13.1 Å². The average molecular weight is 283 g/mol. The van der Waals surface area contributed by atoms with E-state index in [0.29, 0.717) is 0 Å². The lowest BCUT2D eigenvalue weighted by molar-refractivity contribution is 0.259. The Morgan fingerprint density at radius 3 is 2.44 bits per heavy atom. The molecule has 1 heterocycles. The van der Waals surface area contributed by atoms with Crippen molar-refractivity contribution in [1.29, 1.82) is 0 Å². The molecule has 0 saturated carbocycles. The second-order valence-electron chi connectivity index (χ2n) is 3.70. The topological polar surface area (TPSA) is 66.4 Å². The Labute approximate surface area is 110 Å². The van der Waals surface area contributed by atoms with Gasteiger partial charge in [-0.05, 0) is 17.0 Å². The number of aliphatic hydroxyl groups excluding tert-OH is 1. The van der Waals surface area contributed by atoms with E-state index in [1.807, 2.05) is 6.07 Å². The number of hydrogen-bond donors (Lipinski definition) is 2. The van der Waals surface area contributed by atoms with Crippen LogP contribution in [0.15, 0.2) is 52.1 Å². The number of rotatable bonds is 5. The molecule has 0 bridgehead atoms. The van der Waals surface area contributed by atoms with Gasteiger partial charge in [-0.15, -0.1) is 11.3 Å². The molecule has 2 rings (SSSR count). The van der Waals surface area contributed by atoms with Gasteiger partial charge in [0.05, 0.1) is 12.6 Å². The van der Waals surface area contributed by atoms with Crippen molar-refractivity contribution in [1.82, 2.24) is 4.72 Å². The lowest BCUT2D eigenvalue weighted by Crippen LogP contribution is -2.30. The van der Waals surface area contributed by atoms with Crippen molar-refractivity contribution in [3.63, 3.8) is 0 Å². The number of hydrogen-bond acceptors (Lipinski definition) is 4. The van der Waals surface area contributed by atoms with E-state index in [4.69, 9.17) is 0 Å². The highest BCUT2D eigenvalue weighted by Gasteiger charge is 2.21. The van der Waals surface area contributed by atoms with E-state index in [1.54, 1.807) is 35.7 Å². The van der Waals surface area contributed by atoms with Crippen molar-refractivity contribution >= 4 is 21.4 Å². The van der Waals surface area contributed by atoms with Crippen LogP contribution in [0.5, 0.6) is 0 Å².